The monoisotopic (exact) mass is 413 g/mol. The highest BCUT2D eigenvalue weighted by molar-refractivity contribution is 5.73. The molecule has 0 aromatic carbocycles. The Kier molecular flexibility index (Phi) is 19.4. The molecule has 0 bridgehead atoms. The maximum absolute atomic E-state index is 11.3. The van der Waals surface area contributed by atoms with Crippen molar-refractivity contribution in [3.05, 3.63) is 0 Å². The van der Waals surface area contributed by atoms with E-state index in [0.29, 0.717) is 19.8 Å². The van der Waals surface area contributed by atoms with Crippen molar-refractivity contribution in [1.82, 2.24) is 4.90 Å². The van der Waals surface area contributed by atoms with Crippen molar-refractivity contribution < 1.29 is 19.1 Å². The van der Waals surface area contributed by atoms with Gasteiger partial charge in [-0.2, -0.15) is 0 Å². The van der Waals surface area contributed by atoms with E-state index in [2.05, 4.69) is 6.92 Å². The first-order valence-corrected chi connectivity index (χ1v) is 11.9. The molecule has 0 spiro atoms. The number of hydrogen-bond donors (Lipinski definition) is 0. The average Bonchev–Trinajstić information content (AvgIpc) is 2.66. The number of likely N-dealkylation sites (N-methyl/N-ethyl adjacent to an activating group) is 1. The van der Waals surface area contributed by atoms with Crippen LogP contribution in [0.5, 0.6) is 0 Å². The predicted molar refractivity (Wildman–Crippen MR) is 120 cm³/mol. The van der Waals surface area contributed by atoms with E-state index in [9.17, 15) is 9.59 Å². The fourth-order valence-corrected chi connectivity index (χ4v) is 3.41. The van der Waals surface area contributed by atoms with Crippen LogP contribution in [0.2, 0.25) is 0 Å². The zero-order valence-electron chi connectivity index (χ0n) is 19.7. The van der Waals surface area contributed by atoms with Crippen LogP contribution in [0.1, 0.15) is 111 Å². The lowest BCUT2D eigenvalue weighted by atomic mass is 10.0. The highest BCUT2D eigenvalue weighted by Gasteiger charge is 2.16. The Morgan fingerprint density at radius 1 is 0.759 bits per heavy atom. The van der Waals surface area contributed by atoms with Gasteiger partial charge in [-0.05, 0) is 6.42 Å². The van der Waals surface area contributed by atoms with Crippen LogP contribution in [0.25, 0.3) is 0 Å². The maximum Gasteiger partial charge on any atom is 0.303 e. The summed E-state index contributed by atoms with van der Waals surface area (Å²) in [5.41, 5.74) is 0. The molecule has 0 saturated heterocycles. The number of unbranched alkanes of at least 4 members (excludes halogenated alkanes) is 13. The second-order valence-corrected chi connectivity index (χ2v) is 8.30. The van der Waals surface area contributed by atoms with Crippen LogP contribution in [-0.2, 0) is 19.1 Å². The Balaban J connectivity index is 3.47. The van der Waals surface area contributed by atoms with Gasteiger partial charge in [-0.3, -0.25) is 9.59 Å². The molecule has 5 nitrogen and oxygen atoms in total. The van der Waals surface area contributed by atoms with Gasteiger partial charge in [-0.1, -0.05) is 90.4 Å². The maximum atomic E-state index is 11.3. The summed E-state index contributed by atoms with van der Waals surface area (Å²) in [6, 6.07) is 0. The van der Waals surface area contributed by atoms with Gasteiger partial charge in [0.25, 0.3) is 0 Å². The summed E-state index contributed by atoms with van der Waals surface area (Å²) in [5, 5.41) is 0. The van der Waals surface area contributed by atoms with Gasteiger partial charge in [0.05, 0.1) is 13.2 Å². The molecule has 0 heterocycles. The Labute approximate surface area is 179 Å². The van der Waals surface area contributed by atoms with E-state index in [1.165, 1.54) is 97.3 Å². The molecule has 172 valence electrons. The largest absolute Gasteiger partial charge is 0.458 e. The molecule has 0 aromatic heterocycles. The Bertz CT molecular complexity index is 400. The number of nitrogens with zero attached hydrogens (tertiary/aromatic N) is 1. The van der Waals surface area contributed by atoms with Gasteiger partial charge in [0, 0.05) is 27.5 Å². The number of amides is 1. The molecule has 1 unspecified atom stereocenters. The van der Waals surface area contributed by atoms with Crippen molar-refractivity contribution in [2.75, 3.05) is 26.8 Å². The van der Waals surface area contributed by atoms with Crippen LogP contribution in [0.4, 0.5) is 0 Å². The van der Waals surface area contributed by atoms with Crippen LogP contribution < -0.4 is 0 Å². The molecular weight excluding hydrogens is 366 g/mol. The molecule has 0 saturated carbocycles. The second kappa shape index (κ2) is 20.2. The van der Waals surface area contributed by atoms with E-state index in [0.717, 1.165) is 6.42 Å². The summed E-state index contributed by atoms with van der Waals surface area (Å²) >= 11 is 0. The molecule has 0 N–H and O–H groups in total. The predicted octanol–water partition coefficient (Wildman–Crippen LogP) is 5.89. The second-order valence-electron chi connectivity index (χ2n) is 8.30. The minimum Gasteiger partial charge on any atom is -0.458 e. The number of rotatable bonds is 20. The fourth-order valence-electron chi connectivity index (χ4n) is 3.41. The van der Waals surface area contributed by atoms with Crippen molar-refractivity contribution >= 4 is 11.9 Å². The zero-order chi connectivity index (χ0) is 21.7. The number of ether oxygens (including phenoxy) is 2. The van der Waals surface area contributed by atoms with Crippen LogP contribution in [0.3, 0.4) is 0 Å². The van der Waals surface area contributed by atoms with Gasteiger partial charge in [-0.15, -0.1) is 0 Å². The molecule has 0 radical (unpaired) electrons. The van der Waals surface area contributed by atoms with Crippen molar-refractivity contribution in [2.24, 2.45) is 0 Å². The first-order valence-electron chi connectivity index (χ1n) is 11.9. The number of hydrogen-bond acceptors (Lipinski definition) is 4. The topological polar surface area (TPSA) is 55.8 Å². The lowest BCUT2D eigenvalue weighted by Crippen LogP contribution is -2.37. The third-order valence-corrected chi connectivity index (χ3v) is 5.29. The summed E-state index contributed by atoms with van der Waals surface area (Å²) < 4.78 is 10.9. The molecule has 0 rings (SSSR count). The smallest absolute Gasteiger partial charge is 0.303 e. The molecule has 0 aliphatic heterocycles. The van der Waals surface area contributed by atoms with Crippen LogP contribution in [-0.4, -0.2) is 49.7 Å². The summed E-state index contributed by atoms with van der Waals surface area (Å²) in [6.07, 6.45) is 18.3. The fraction of sp³-hybridized carbons (Fsp3) is 0.917. The van der Waals surface area contributed by atoms with Crippen molar-refractivity contribution in [2.45, 2.75) is 117 Å². The third kappa shape index (κ3) is 20.0. The average molecular weight is 414 g/mol. The van der Waals surface area contributed by atoms with E-state index in [1.807, 2.05) is 0 Å². The first kappa shape index (κ1) is 27.9. The van der Waals surface area contributed by atoms with Gasteiger partial charge in [-0.25, -0.2) is 0 Å². The molecule has 0 fully saturated rings. The molecule has 5 heteroatoms. The standard InChI is InChI=1S/C24H47NO4/c1-5-6-7-8-9-10-11-12-13-14-15-16-17-18-19-28-21-24(29-23(3)27)20-25(4)22(2)26/h24H,5-21H2,1-4H3. The number of carbonyl (C=O) groups excluding carboxylic acids is 2. The quantitative estimate of drug-likeness (QED) is 0.184. The lowest BCUT2D eigenvalue weighted by molar-refractivity contribution is -0.152. The molecule has 1 amide bonds. The number of esters is 1. The normalized spacial score (nSPS) is 12.0. The first-order chi connectivity index (χ1) is 14.0. The van der Waals surface area contributed by atoms with Crippen LogP contribution in [0, 0.1) is 0 Å². The molecule has 29 heavy (non-hydrogen) atoms. The van der Waals surface area contributed by atoms with Gasteiger partial charge >= 0.3 is 5.97 Å². The Hall–Kier alpha value is -1.10. The van der Waals surface area contributed by atoms with E-state index < -0.39 is 6.10 Å². The molecular formula is C24H47NO4. The summed E-state index contributed by atoms with van der Waals surface area (Å²) in [6.45, 7) is 6.54. The van der Waals surface area contributed by atoms with Gasteiger partial charge in [0.1, 0.15) is 6.10 Å². The van der Waals surface area contributed by atoms with E-state index in [-0.39, 0.29) is 11.9 Å². The van der Waals surface area contributed by atoms with Crippen molar-refractivity contribution in [3.8, 4) is 0 Å². The Morgan fingerprint density at radius 2 is 1.21 bits per heavy atom. The minimum atomic E-state index is -0.395. The van der Waals surface area contributed by atoms with Crippen molar-refractivity contribution in [3.63, 3.8) is 0 Å². The van der Waals surface area contributed by atoms with Gasteiger partial charge < -0.3 is 14.4 Å². The van der Waals surface area contributed by atoms with Crippen molar-refractivity contribution in [1.29, 1.82) is 0 Å². The molecule has 0 aromatic rings. The highest BCUT2D eigenvalue weighted by atomic mass is 16.6. The zero-order valence-corrected chi connectivity index (χ0v) is 19.7. The molecule has 0 aliphatic rings. The molecule has 1 atom stereocenters. The summed E-state index contributed by atoms with van der Waals surface area (Å²) in [5.74, 6) is -0.388. The highest BCUT2D eigenvalue weighted by Crippen LogP contribution is 2.13. The van der Waals surface area contributed by atoms with E-state index in [4.69, 9.17) is 9.47 Å². The van der Waals surface area contributed by atoms with Crippen LogP contribution in [0.15, 0.2) is 0 Å². The van der Waals surface area contributed by atoms with Crippen LogP contribution >= 0.6 is 0 Å². The Morgan fingerprint density at radius 3 is 1.62 bits per heavy atom. The minimum absolute atomic E-state index is 0.0471. The molecule has 0 aliphatic carbocycles. The summed E-state index contributed by atoms with van der Waals surface area (Å²) in [4.78, 5) is 24.1. The van der Waals surface area contributed by atoms with E-state index in [1.54, 1.807) is 11.9 Å². The van der Waals surface area contributed by atoms with Gasteiger partial charge in [0.2, 0.25) is 5.91 Å². The summed E-state index contributed by atoms with van der Waals surface area (Å²) in [7, 11) is 1.70. The SMILES string of the molecule is CCCCCCCCCCCCCCCCOCC(CN(C)C(C)=O)OC(C)=O. The van der Waals surface area contributed by atoms with E-state index >= 15 is 0 Å². The van der Waals surface area contributed by atoms with Gasteiger partial charge in [0.15, 0.2) is 0 Å². The third-order valence-electron chi connectivity index (χ3n) is 5.29. The number of carbonyl (C=O) groups is 2. The lowest BCUT2D eigenvalue weighted by Gasteiger charge is -2.23.